The Balaban J connectivity index is 1.27. The molecule has 1 aromatic heterocycles. The predicted octanol–water partition coefficient (Wildman–Crippen LogP) is 2.36. The molecule has 4 aromatic rings. The van der Waals surface area contributed by atoms with Crippen LogP contribution in [0.15, 0.2) is 71.5 Å². The number of likely N-dealkylation sites (tertiary alicyclic amines) is 1. The third-order valence-electron chi connectivity index (χ3n) is 8.27. The van der Waals surface area contributed by atoms with Crippen molar-refractivity contribution in [2.75, 3.05) is 26.8 Å². The van der Waals surface area contributed by atoms with Crippen LogP contribution in [-0.4, -0.2) is 71.4 Å². The zero-order valence-electron chi connectivity index (χ0n) is 25.7. The van der Waals surface area contributed by atoms with Crippen molar-refractivity contribution in [3.05, 3.63) is 93.9 Å². The van der Waals surface area contributed by atoms with Gasteiger partial charge in [0.25, 0.3) is 17.4 Å². The summed E-state index contributed by atoms with van der Waals surface area (Å²) in [5, 5.41) is 11.1. The van der Waals surface area contributed by atoms with Gasteiger partial charge in [0, 0.05) is 44.9 Å². The number of aromatic nitrogens is 2. The van der Waals surface area contributed by atoms with E-state index < -0.39 is 18.1 Å². The van der Waals surface area contributed by atoms with Crippen molar-refractivity contribution in [2.45, 2.75) is 38.0 Å². The number of hydrogen-bond donors (Lipinski definition) is 2. The van der Waals surface area contributed by atoms with Gasteiger partial charge in [-0.3, -0.25) is 19.2 Å². The number of fused-ring (bicyclic) bond motifs is 1. The van der Waals surface area contributed by atoms with E-state index in [9.17, 15) is 19.2 Å². The van der Waals surface area contributed by atoms with E-state index in [1.54, 1.807) is 41.3 Å². The Bertz CT molecular complexity index is 1840. The number of piperidine rings is 1. The van der Waals surface area contributed by atoms with Crippen molar-refractivity contribution >= 4 is 28.5 Å². The summed E-state index contributed by atoms with van der Waals surface area (Å²) in [6.45, 7) is 0.578. The molecule has 0 aliphatic carbocycles. The predicted molar refractivity (Wildman–Crippen MR) is 169 cm³/mol. The van der Waals surface area contributed by atoms with Crippen LogP contribution in [0.3, 0.4) is 0 Å². The van der Waals surface area contributed by atoms with Gasteiger partial charge in [-0.25, -0.2) is 4.68 Å². The monoisotopic (exact) mass is 625 g/mol. The molecule has 5 aliphatic rings. The second-order valence-electron chi connectivity index (χ2n) is 11.4. The molecule has 5 aliphatic heterocycles. The average Bonchev–Trinajstić information content (AvgIpc) is 3.07. The summed E-state index contributed by atoms with van der Waals surface area (Å²) < 4.78 is 18.8. The number of carbonyl (C=O) groups excluding carboxylic acids is 3. The fourth-order valence-corrected chi connectivity index (χ4v) is 5.79. The number of nitrogens with one attached hydrogen (secondary N) is 2. The van der Waals surface area contributed by atoms with Crippen molar-refractivity contribution in [3.63, 3.8) is 0 Å². The maximum atomic E-state index is 13.9. The fraction of sp³-hybridized carbons (Fsp3) is 0.324. The molecule has 12 nitrogen and oxygen atoms in total. The number of ether oxygens (including phenoxy) is 3. The molecule has 46 heavy (non-hydrogen) atoms. The second-order valence-corrected chi connectivity index (χ2v) is 11.4. The maximum absolute atomic E-state index is 13.9. The molecule has 4 bridgehead atoms. The molecule has 238 valence electrons. The zero-order chi connectivity index (χ0) is 32.2. The second kappa shape index (κ2) is 13.3. The first-order valence-electron chi connectivity index (χ1n) is 15.2. The number of aryl methyl sites for hydroxylation is 2. The molecule has 6 heterocycles. The molecule has 2 atom stereocenters. The highest BCUT2D eigenvalue weighted by Gasteiger charge is 2.35. The molecule has 9 rings (SSSR count). The summed E-state index contributed by atoms with van der Waals surface area (Å²) in [4.78, 5) is 53.9. The van der Waals surface area contributed by atoms with E-state index in [1.807, 2.05) is 30.3 Å². The Labute approximate surface area is 265 Å². The van der Waals surface area contributed by atoms with E-state index >= 15 is 0 Å². The lowest BCUT2D eigenvalue weighted by Crippen LogP contribution is -2.58. The number of rotatable bonds is 2. The van der Waals surface area contributed by atoms with Gasteiger partial charge in [0.2, 0.25) is 5.91 Å². The Hall–Kier alpha value is -5.39. The van der Waals surface area contributed by atoms with E-state index in [1.165, 1.54) is 18.8 Å². The SMILES string of the molecule is COc1cc2ccc1OCC(=O)N[C@@H]1CN(C(=O)c3nn(C)c(=O)c4ccccc34)CC[C@H]1Oc1ccc(cc1)CNC(=O)CC2. The van der Waals surface area contributed by atoms with E-state index in [0.717, 1.165) is 11.1 Å². The third kappa shape index (κ3) is 6.65. The molecule has 1 saturated heterocycles. The Kier molecular flexibility index (Phi) is 8.86. The van der Waals surface area contributed by atoms with Gasteiger partial charge in [-0.1, -0.05) is 36.4 Å². The molecular formula is C34H35N5O7. The van der Waals surface area contributed by atoms with Gasteiger partial charge in [-0.15, -0.1) is 0 Å². The Morgan fingerprint density at radius 3 is 2.50 bits per heavy atom. The lowest BCUT2D eigenvalue weighted by Gasteiger charge is -2.38. The van der Waals surface area contributed by atoms with Crippen LogP contribution in [0.1, 0.15) is 34.5 Å². The number of amides is 3. The van der Waals surface area contributed by atoms with Crippen LogP contribution in [0.2, 0.25) is 0 Å². The molecule has 0 radical (unpaired) electrons. The molecule has 0 unspecified atom stereocenters. The van der Waals surface area contributed by atoms with Gasteiger partial charge in [0.15, 0.2) is 23.8 Å². The topological polar surface area (TPSA) is 141 Å². The van der Waals surface area contributed by atoms with E-state index in [-0.39, 0.29) is 36.2 Å². The highest BCUT2D eigenvalue weighted by Crippen LogP contribution is 2.29. The minimum Gasteiger partial charge on any atom is -0.493 e. The van der Waals surface area contributed by atoms with Crippen molar-refractivity contribution in [2.24, 2.45) is 7.05 Å². The van der Waals surface area contributed by atoms with Crippen molar-refractivity contribution in [1.29, 1.82) is 0 Å². The van der Waals surface area contributed by atoms with Crippen LogP contribution in [0.5, 0.6) is 17.2 Å². The summed E-state index contributed by atoms with van der Waals surface area (Å²) >= 11 is 0. The fourth-order valence-electron chi connectivity index (χ4n) is 5.79. The largest absolute Gasteiger partial charge is 0.493 e. The normalized spacial score (nSPS) is 19.0. The minimum absolute atomic E-state index is 0.0734. The summed E-state index contributed by atoms with van der Waals surface area (Å²) in [5.74, 6) is 0.619. The molecule has 0 saturated carbocycles. The average molecular weight is 626 g/mol. The van der Waals surface area contributed by atoms with Gasteiger partial charge in [0.05, 0.1) is 18.5 Å². The van der Waals surface area contributed by atoms with Gasteiger partial charge < -0.3 is 29.7 Å². The van der Waals surface area contributed by atoms with Crippen LogP contribution >= 0.6 is 0 Å². The highest BCUT2D eigenvalue weighted by atomic mass is 16.5. The van der Waals surface area contributed by atoms with Gasteiger partial charge in [-0.2, -0.15) is 5.10 Å². The molecular weight excluding hydrogens is 590 g/mol. The van der Waals surface area contributed by atoms with Gasteiger partial charge in [-0.05, 0) is 47.9 Å². The maximum Gasteiger partial charge on any atom is 0.275 e. The van der Waals surface area contributed by atoms with Crippen LogP contribution in [0.25, 0.3) is 10.8 Å². The molecule has 2 N–H and O–H groups in total. The number of benzene rings is 3. The molecule has 1 fully saturated rings. The van der Waals surface area contributed by atoms with Crippen LogP contribution in [0.4, 0.5) is 0 Å². The smallest absolute Gasteiger partial charge is 0.275 e. The Morgan fingerprint density at radius 1 is 0.957 bits per heavy atom. The minimum atomic E-state index is -0.582. The van der Waals surface area contributed by atoms with Crippen LogP contribution in [0, 0.1) is 0 Å². The standard InChI is InChI=1S/C34H35N5O7/c1-38-33(42)25-6-4-3-5-24(25)32(37-38)34(43)39-16-15-27-26(19-39)36-31(41)20-45-28-13-9-21(17-29(28)44-2)10-14-30(40)35-18-22-7-11-23(46-27)12-8-22/h3-9,11-13,17,26-27H,10,14-16,18-20H2,1-2H3,(H,35,40)(H,36,41)/t26-,27-/m1/s1. The summed E-state index contributed by atoms with van der Waals surface area (Å²) in [6, 6.07) is 19.1. The van der Waals surface area contributed by atoms with Crippen LogP contribution < -0.4 is 30.4 Å². The first kappa shape index (κ1) is 30.6. The van der Waals surface area contributed by atoms with Crippen molar-refractivity contribution in [1.82, 2.24) is 25.3 Å². The van der Waals surface area contributed by atoms with Crippen molar-refractivity contribution in [3.8, 4) is 17.2 Å². The quantitative estimate of drug-likeness (QED) is 0.346. The number of hydrogen-bond acceptors (Lipinski definition) is 8. The Morgan fingerprint density at radius 2 is 1.72 bits per heavy atom. The van der Waals surface area contributed by atoms with Gasteiger partial charge >= 0.3 is 0 Å². The molecule has 12 heteroatoms. The first-order valence-corrected chi connectivity index (χ1v) is 15.2. The summed E-state index contributed by atoms with van der Waals surface area (Å²) in [7, 11) is 3.03. The molecule has 3 aromatic carbocycles. The summed E-state index contributed by atoms with van der Waals surface area (Å²) in [6.07, 6.45) is 0.791. The van der Waals surface area contributed by atoms with Crippen LogP contribution in [-0.2, 0) is 29.6 Å². The van der Waals surface area contributed by atoms with E-state index in [4.69, 9.17) is 14.2 Å². The van der Waals surface area contributed by atoms with Gasteiger partial charge in [0.1, 0.15) is 11.9 Å². The first-order chi connectivity index (χ1) is 22.3. The van der Waals surface area contributed by atoms with E-state index in [0.29, 0.717) is 60.4 Å². The zero-order valence-corrected chi connectivity index (χ0v) is 25.7. The number of carbonyl (C=O) groups is 3. The number of nitrogens with zero attached hydrogens (tertiary/aromatic N) is 3. The molecule has 0 spiro atoms. The molecule has 3 amide bonds. The highest BCUT2D eigenvalue weighted by molar-refractivity contribution is 6.04. The number of methoxy groups -OCH3 is 1. The van der Waals surface area contributed by atoms with E-state index in [2.05, 4.69) is 15.7 Å². The lowest BCUT2D eigenvalue weighted by molar-refractivity contribution is -0.125. The summed E-state index contributed by atoms with van der Waals surface area (Å²) in [5.41, 5.74) is 1.69. The third-order valence-corrected chi connectivity index (χ3v) is 8.27. The van der Waals surface area contributed by atoms with Crippen molar-refractivity contribution < 1.29 is 28.6 Å². The lowest BCUT2D eigenvalue weighted by atomic mass is 10.0.